The maximum atomic E-state index is 11.0. The number of carbonyl (C=O) groups is 1. The van der Waals surface area contributed by atoms with Crippen LogP contribution in [0.25, 0.3) is 0 Å². The molecular formula is C16H21N5O. The number of hydrogen-bond acceptors (Lipinski definition) is 5. The monoisotopic (exact) mass is 299 g/mol. The summed E-state index contributed by atoms with van der Waals surface area (Å²) < 4.78 is 0. The van der Waals surface area contributed by atoms with Crippen molar-refractivity contribution in [1.29, 1.82) is 0 Å². The van der Waals surface area contributed by atoms with Crippen molar-refractivity contribution in [1.82, 2.24) is 9.97 Å². The SMILES string of the molecule is CC(=O)Nc1ccc(Nc2nc(C)cc(NC(C)C)n2)cc1. The van der Waals surface area contributed by atoms with Gasteiger partial charge in [0.2, 0.25) is 11.9 Å². The Kier molecular flexibility index (Phi) is 4.93. The molecule has 6 nitrogen and oxygen atoms in total. The van der Waals surface area contributed by atoms with Gasteiger partial charge in [-0.2, -0.15) is 4.98 Å². The molecule has 0 saturated heterocycles. The first-order valence-corrected chi connectivity index (χ1v) is 7.19. The van der Waals surface area contributed by atoms with Gasteiger partial charge in [-0.3, -0.25) is 4.79 Å². The highest BCUT2D eigenvalue weighted by molar-refractivity contribution is 5.88. The van der Waals surface area contributed by atoms with E-state index in [-0.39, 0.29) is 5.91 Å². The Morgan fingerprint density at radius 3 is 2.32 bits per heavy atom. The number of nitrogens with one attached hydrogen (secondary N) is 3. The van der Waals surface area contributed by atoms with E-state index in [1.807, 2.05) is 37.3 Å². The molecule has 22 heavy (non-hydrogen) atoms. The van der Waals surface area contributed by atoms with E-state index in [9.17, 15) is 4.79 Å². The topological polar surface area (TPSA) is 78.9 Å². The second kappa shape index (κ2) is 6.89. The number of nitrogens with zero attached hydrogens (tertiary/aromatic N) is 2. The maximum Gasteiger partial charge on any atom is 0.229 e. The quantitative estimate of drug-likeness (QED) is 0.789. The van der Waals surface area contributed by atoms with Crippen LogP contribution in [0.4, 0.5) is 23.1 Å². The molecule has 2 rings (SSSR count). The van der Waals surface area contributed by atoms with E-state index in [0.717, 1.165) is 22.9 Å². The molecule has 0 unspecified atom stereocenters. The average molecular weight is 299 g/mol. The second-order valence-electron chi connectivity index (χ2n) is 5.40. The van der Waals surface area contributed by atoms with Gasteiger partial charge in [-0.15, -0.1) is 0 Å². The van der Waals surface area contributed by atoms with Gasteiger partial charge in [0.25, 0.3) is 0 Å². The van der Waals surface area contributed by atoms with E-state index in [1.54, 1.807) is 0 Å². The molecule has 0 bridgehead atoms. The number of aromatic nitrogens is 2. The fraction of sp³-hybridized carbons (Fsp3) is 0.312. The molecule has 0 spiro atoms. The number of rotatable bonds is 5. The summed E-state index contributed by atoms with van der Waals surface area (Å²) in [6.45, 7) is 7.53. The predicted octanol–water partition coefficient (Wildman–Crippen LogP) is 3.31. The van der Waals surface area contributed by atoms with Crippen LogP contribution < -0.4 is 16.0 Å². The zero-order valence-electron chi connectivity index (χ0n) is 13.3. The van der Waals surface area contributed by atoms with Crippen molar-refractivity contribution in [3.05, 3.63) is 36.0 Å². The lowest BCUT2D eigenvalue weighted by Crippen LogP contribution is -2.12. The number of anilines is 4. The lowest BCUT2D eigenvalue weighted by atomic mass is 10.3. The van der Waals surface area contributed by atoms with Crippen LogP contribution in [-0.2, 0) is 4.79 Å². The van der Waals surface area contributed by atoms with Crippen molar-refractivity contribution in [2.45, 2.75) is 33.7 Å². The summed E-state index contributed by atoms with van der Waals surface area (Å²) in [5.41, 5.74) is 2.50. The maximum absolute atomic E-state index is 11.0. The Labute approximate surface area is 130 Å². The van der Waals surface area contributed by atoms with E-state index in [4.69, 9.17) is 0 Å². The van der Waals surface area contributed by atoms with Gasteiger partial charge in [0.05, 0.1) is 0 Å². The van der Waals surface area contributed by atoms with Crippen LogP contribution in [0, 0.1) is 6.92 Å². The summed E-state index contributed by atoms with van der Waals surface area (Å²) in [5, 5.41) is 9.16. The molecule has 0 saturated carbocycles. The molecule has 0 aliphatic heterocycles. The van der Waals surface area contributed by atoms with Gasteiger partial charge < -0.3 is 16.0 Å². The Morgan fingerprint density at radius 2 is 1.73 bits per heavy atom. The number of carbonyl (C=O) groups excluding carboxylic acids is 1. The number of benzene rings is 1. The highest BCUT2D eigenvalue weighted by Gasteiger charge is 2.04. The lowest BCUT2D eigenvalue weighted by Gasteiger charge is -2.12. The van der Waals surface area contributed by atoms with Crippen LogP contribution in [0.2, 0.25) is 0 Å². The zero-order chi connectivity index (χ0) is 16.1. The normalized spacial score (nSPS) is 10.4. The fourth-order valence-electron chi connectivity index (χ4n) is 1.96. The number of hydrogen-bond donors (Lipinski definition) is 3. The molecule has 1 amide bonds. The summed E-state index contributed by atoms with van der Waals surface area (Å²) >= 11 is 0. The highest BCUT2D eigenvalue weighted by Crippen LogP contribution is 2.18. The van der Waals surface area contributed by atoms with Crippen molar-refractivity contribution in [3.63, 3.8) is 0 Å². The van der Waals surface area contributed by atoms with Crippen molar-refractivity contribution >= 4 is 29.0 Å². The first-order chi connectivity index (χ1) is 10.4. The van der Waals surface area contributed by atoms with Gasteiger partial charge in [-0.1, -0.05) is 0 Å². The highest BCUT2D eigenvalue weighted by atomic mass is 16.1. The van der Waals surface area contributed by atoms with E-state index < -0.39 is 0 Å². The minimum atomic E-state index is -0.0906. The second-order valence-corrected chi connectivity index (χ2v) is 5.40. The van der Waals surface area contributed by atoms with Gasteiger partial charge in [-0.25, -0.2) is 4.98 Å². The van der Waals surface area contributed by atoms with Crippen molar-refractivity contribution < 1.29 is 4.79 Å². The molecule has 1 aromatic carbocycles. The standard InChI is InChI=1S/C16H21N5O/c1-10(2)17-15-9-11(3)18-16(21-15)20-14-7-5-13(6-8-14)19-12(4)22/h5-10H,1-4H3,(H,19,22)(H2,17,18,20,21). The predicted molar refractivity (Wildman–Crippen MR) is 89.6 cm³/mol. The first-order valence-electron chi connectivity index (χ1n) is 7.19. The zero-order valence-corrected chi connectivity index (χ0v) is 13.3. The molecule has 0 atom stereocenters. The van der Waals surface area contributed by atoms with Crippen LogP contribution in [-0.4, -0.2) is 21.9 Å². The Bertz CT molecular complexity index is 652. The minimum absolute atomic E-state index is 0.0906. The lowest BCUT2D eigenvalue weighted by molar-refractivity contribution is -0.114. The van der Waals surface area contributed by atoms with Crippen LogP contribution in [0.15, 0.2) is 30.3 Å². The molecule has 0 radical (unpaired) electrons. The summed E-state index contributed by atoms with van der Waals surface area (Å²) in [7, 11) is 0. The van der Waals surface area contributed by atoms with E-state index in [0.29, 0.717) is 12.0 Å². The fourth-order valence-corrected chi connectivity index (χ4v) is 1.96. The molecule has 2 aromatic rings. The van der Waals surface area contributed by atoms with Gasteiger partial charge in [0.15, 0.2) is 0 Å². The number of amides is 1. The number of aryl methyl sites for hydroxylation is 1. The van der Waals surface area contributed by atoms with Gasteiger partial charge in [0, 0.05) is 36.1 Å². The third-order valence-electron chi connectivity index (χ3n) is 2.75. The molecule has 1 heterocycles. The van der Waals surface area contributed by atoms with Crippen LogP contribution in [0.3, 0.4) is 0 Å². The van der Waals surface area contributed by atoms with E-state index >= 15 is 0 Å². The van der Waals surface area contributed by atoms with Gasteiger partial charge in [-0.05, 0) is 45.0 Å². The van der Waals surface area contributed by atoms with Gasteiger partial charge >= 0.3 is 0 Å². The Hall–Kier alpha value is -2.63. The van der Waals surface area contributed by atoms with E-state index in [1.165, 1.54) is 6.92 Å². The molecule has 6 heteroatoms. The minimum Gasteiger partial charge on any atom is -0.368 e. The summed E-state index contributed by atoms with van der Waals surface area (Å²) in [6.07, 6.45) is 0. The van der Waals surface area contributed by atoms with Crippen LogP contribution >= 0.6 is 0 Å². The average Bonchev–Trinajstić information content (AvgIpc) is 2.39. The molecule has 1 aromatic heterocycles. The molecule has 0 aliphatic rings. The largest absolute Gasteiger partial charge is 0.368 e. The molecule has 0 aliphatic carbocycles. The smallest absolute Gasteiger partial charge is 0.229 e. The van der Waals surface area contributed by atoms with Crippen molar-refractivity contribution in [2.24, 2.45) is 0 Å². The summed E-state index contributed by atoms with van der Waals surface area (Å²) in [6, 6.07) is 9.60. The Morgan fingerprint density at radius 1 is 1.09 bits per heavy atom. The van der Waals surface area contributed by atoms with Crippen molar-refractivity contribution in [2.75, 3.05) is 16.0 Å². The van der Waals surface area contributed by atoms with Crippen molar-refractivity contribution in [3.8, 4) is 0 Å². The summed E-state index contributed by atoms with van der Waals surface area (Å²) in [4.78, 5) is 19.8. The Balaban J connectivity index is 2.12. The molecule has 0 fully saturated rings. The first kappa shape index (κ1) is 15.8. The molecular weight excluding hydrogens is 278 g/mol. The van der Waals surface area contributed by atoms with Gasteiger partial charge in [0.1, 0.15) is 5.82 Å². The third-order valence-corrected chi connectivity index (χ3v) is 2.75. The summed E-state index contributed by atoms with van der Waals surface area (Å²) in [5.74, 6) is 1.24. The third kappa shape index (κ3) is 4.73. The van der Waals surface area contributed by atoms with Crippen LogP contribution in [0.1, 0.15) is 26.5 Å². The van der Waals surface area contributed by atoms with E-state index in [2.05, 4.69) is 39.8 Å². The molecule has 3 N–H and O–H groups in total. The van der Waals surface area contributed by atoms with Crippen LogP contribution in [0.5, 0.6) is 0 Å². The molecule has 116 valence electrons.